The number of aliphatic hydroxyl groups excluding tert-OH is 1. The SMILES string of the molecule is OCCCCC[C@@]1(O)CC/C1=C\c1ccc2ccccc2c1. The minimum atomic E-state index is -0.610. The van der Waals surface area contributed by atoms with Crippen LogP contribution in [0.3, 0.4) is 0 Å². The van der Waals surface area contributed by atoms with E-state index in [0.717, 1.165) is 44.1 Å². The van der Waals surface area contributed by atoms with E-state index in [1.54, 1.807) is 0 Å². The first-order chi connectivity index (χ1) is 10.7. The zero-order valence-corrected chi connectivity index (χ0v) is 13.0. The molecule has 1 saturated carbocycles. The number of aliphatic hydroxyl groups is 2. The summed E-state index contributed by atoms with van der Waals surface area (Å²) in [6.07, 6.45) is 7.62. The molecular formula is C20H24O2. The van der Waals surface area contributed by atoms with Gasteiger partial charge in [0.15, 0.2) is 0 Å². The normalized spacial score (nSPS) is 22.9. The molecule has 1 aliphatic rings. The van der Waals surface area contributed by atoms with Crippen LogP contribution in [0.4, 0.5) is 0 Å². The predicted molar refractivity (Wildman–Crippen MR) is 91.7 cm³/mol. The molecule has 2 N–H and O–H groups in total. The van der Waals surface area contributed by atoms with Crippen molar-refractivity contribution in [2.45, 2.75) is 44.1 Å². The van der Waals surface area contributed by atoms with Gasteiger partial charge in [-0.15, -0.1) is 0 Å². The Labute approximate surface area is 132 Å². The second-order valence-corrected chi connectivity index (χ2v) is 6.34. The molecule has 0 unspecified atom stereocenters. The van der Waals surface area contributed by atoms with Gasteiger partial charge in [0.25, 0.3) is 0 Å². The number of benzene rings is 2. The molecule has 0 amide bonds. The van der Waals surface area contributed by atoms with Crippen LogP contribution in [-0.4, -0.2) is 22.4 Å². The summed E-state index contributed by atoms with van der Waals surface area (Å²) < 4.78 is 0. The fraction of sp³-hybridized carbons (Fsp3) is 0.400. The summed E-state index contributed by atoms with van der Waals surface area (Å²) in [5.41, 5.74) is 1.72. The zero-order chi connectivity index (χ0) is 15.4. The minimum absolute atomic E-state index is 0.248. The van der Waals surface area contributed by atoms with Gasteiger partial charge >= 0.3 is 0 Å². The molecule has 1 atom stereocenters. The van der Waals surface area contributed by atoms with E-state index in [1.807, 2.05) is 0 Å². The maximum atomic E-state index is 10.7. The van der Waals surface area contributed by atoms with Crippen LogP contribution in [-0.2, 0) is 0 Å². The molecule has 0 bridgehead atoms. The van der Waals surface area contributed by atoms with Crippen LogP contribution >= 0.6 is 0 Å². The van der Waals surface area contributed by atoms with Gasteiger partial charge in [0, 0.05) is 6.61 Å². The molecule has 1 aliphatic carbocycles. The Balaban J connectivity index is 1.72. The lowest BCUT2D eigenvalue weighted by Gasteiger charge is -2.40. The van der Waals surface area contributed by atoms with Crippen molar-refractivity contribution in [1.29, 1.82) is 0 Å². The number of fused-ring (bicyclic) bond motifs is 1. The van der Waals surface area contributed by atoms with Gasteiger partial charge in [-0.25, -0.2) is 0 Å². The van der Waals surface area contributed by atoms with E-state index >= 15 is 0 Å². The molecule has 116 valence electrons. The predicted octanol–water partition coefficient (Wildman–Crippen LogP) is 4.30. The highest BCUT2D eigenvalue weighted by Gasteiger charge is 2.38. The van der Waals surface area contributed by atoms with Crippen LogP contribution in [0.2, 0.25) is 0 Å². The van der Waals surface area contributed by atoms with Gasteiger partial charge < -0.3 is 10.2 Å². The molecule has 22 heavy (non-hydrogen) atoms. The monoisotopic (exact) mass is 296 g/mol. The molecule has 0 spiro atoms. The number of rotatable bonds is 6. The lowest BCUT2D eigenvalue weighted by Crippen LogP contribution is -2.39. The molecule has 2 aromatic rings. The summed E-state index contributed by atoms with van der Waals surface area (Å²) in [4.78, 5) is 0. The van der Waals surface area contributed by atoms with Gasteiger partial charge in [-0.05, 0) is 53.7 Å². The first-order valence-electron chi connectivity index (χ1n) is 8.24. The standard InChI is InChI=1S/C20H24O2/c21-13-5-1-4-11-20(22)12-10-19(20)15-16-8-9-17-6-2-3-7-18(17)14-16/h2-3,6-9,14-15,21-22H,1,4-5,10-13H2/b19-15+/t20-/m1/s1. The molecule has 0 aromatic heterocycles. The first kappa shape index (κ1) is 15.3. The Morgan fingerprint density at radius 1 is 1.00 bits per heavy atom. The van der Waals surface area contributed by atoms with Crippen LogP contribution in [0.5, 0.6) is 0 Å². The molecular weight excluding hydrogens is 272 g/mol. The van der Waals surface area contributed by atoms with E-state index in [4.69, 9.17) is 5.11 Å². The topological polar surface area (TPSA) is 40.5 Å². The Morgan fingerprint density at radius 3 is 2.55 bits per heavy atom. The van der Waals surface area contributed by atoms with E-state index in [1.165, 1.54) is 16.3 Å². The average molecular weight is 296 g/mol. The smallest absolute Gasteiger partial charge is 0.0863 e. The number of hydrogen-bond donors (Lipinski definition) is 2. The fourth-order valence-corrected chi connectivity index (χ4v) is 3.25. The molecule has 3 rings (SSSR count). The number of unbranched alkanes of at least 4 members (excludes halogenated alkanes) is 2. The van der Waals surface area contributed by atoms with Gasteiger partial charge in [0.05, 0.1) is 5.60 Å². The Morgan fingerprint density at radius 2 is 1.82 bits per heavy atom. The molecule has 0 aliphatic heterocycles. The second kappa shape index (κ2) is 6.64. The zero-order valence-electron chi connectivity index (χ0n) is 13.0. The summed E-state index contributed by atoms with van der Waals surface area (Å²) in [5, 5.41) is 22.0. The van der Waals surface area contributed by atoms with Gasteiger partial charge in [-0.1, -0.05) is 55.3 Å². The maximum Gasteiger partial charge on any atom is 0.0863 e. The van der Waals surface area contributed by atoms with Crippen molar-refractivity contribution in [3.63, 3.8) is 0 Å². The van der Waals surface area contributed by atoms with Crippen LogP contribution in [0.15, 0.2) is 48.0 Å². The third-order valence-corrected chi connectivity index (χ3v) is 4.77. The molecule has 2 nitrogen and oxygen atoms in total. The summed E-state index contributed by atoms with van der Waals surface area (Å²) in [5.74, 6) is 0. The lowest BCUT2D eigenvalue weighted by atomic mass is 9.71. The fourth-order valence-electron chi connectivity index (χ4n) is 3.25. The summed E-state index contributed by atoms with van der Waals surface area (Å²) in [6, 6.07) is 14.8. The van der Waals surface area contributed by atoms with Crippen LogP contribution in [0.1, 0.15) is 44.1 Å². The molecule has 0 saturated heterocycles. The summed E-state index contributed by atoms with van der Waals surface area (Å²) in [7, 11) is 0. The average Bonchev–Trinajstić information content (AvgIpc) is 2.55. The molecule has 0 heterocycles. The van der Waals surface area contributed by atoms with Crippen LogP contribution in [0, 0.1) is 0 Å². The molecule has 1 fully saturated rings. The minimum Gasteiger partial charge on any atom is -0.396 e. The van der Waals surface area contributed by atoms with Gasteiger partial charge in [-0.3, -0.25) is 0 Å². The highest BCUT2D eigenvalue weighted by molar-refractivity contribution is 5.84. The summed E-state index contributed by atoms with van der Waals surface area (Å²) in [6.45, 7) is 0.248. The molecule has 0 radical (unpaired) electrons. The molecule has 2 heteroatoms. The number of hydrogen-bond acceptors (Lipinski definition) is 2. The Hall–Kier alpha value is -1.64. The van der Waals surface area contributed by atoms with Gasteiger partial charge in [0.1, 0.15) is 0 Å². The van der Waals surface area contributed by atoms with Crippen molar-refractivity contribution in [3.8, 4) is 0 Å². The second-order valence-electron chi connectivity index (χ2n) is 6.34. The third-order valence-electron chi connectivity index (χ3n) is 4.77. The van der Waals surface area contributed by atoms with Gasteiger partial charge in [-0.2, -0.15) is 0 Å². The molecule has 2 aromatic carbocycles. The van der Waals surface area contributed by atoms with E-state index in [0.29, 0.717) is 0 Å². The van der Waals surface area contributed by atoms with Crippen molar-refractivity contribution in [2.75, 3.05) is 6.61 Å². The van der Waals surface area contributed by atoms with Crippen molar-refractivity contribution in [3.05, 3.63) is 53.6 Å². The van der Waals surface area contributed by atoms with Crippen molar-refractivity contribution >= 4 is 16.8 Å². The summed E-state index contributed by atoms with van der Waals surface area (Å²) >= 11 is 0. The maximum absolute atomic E-state index is 10.7. The first-order valence-corrected chi connectivity index (χ1v) is 8.24. The van der Waals surface area contributed by atoms with E-state index < -0.39 is 5.60 Å². The Kier molecular flexibility index (Phi) is 4.60. The van der Waals surface area contributed by atoms with Crippen molar-refractivity contribution < 1.29 is 10.2 Å². The van der Waals surface area contributed by atoms with E-state index in [2.05, 4.69) is 48.5 Å². The lowest BCUT2D eigenvalue weighted by molar-refractivity contribution is 0.0172. The van der Waals surface area contributed by atoms with Crippen molar-refractivity contribution in [2.24, 2.45) is 0 Å². The Bertz CT molecular complexity index is 674. The largest absolute Gasteiger partial charge is 0.396 e. The third kappa shape index (κ3) is 3.23. The highest BCUT2D eigenvalue weighted by Crippen LogP contribution is 2.43. The van der Waals surface area contributed by atoms with E-state index in [-0.39, 0.29) is 6.61 Å². The van der Waals surface area contributed by atoms with Crippen LogP contribution < -0.4 is 0 Å². The van der Waals surface area contributed by atoms with E-state index in [9.17, 15) is 5.11 Å². The van der Waals surface area contributed by atoms with Crippen molar-refractivity contribution in [1.82, 2.24) is 0 Å². The van der Waals surface area contributed by atoms with Crippen LogP contribution in [0.25, 0.3) is 16.8 Å². The quantitative estimate of drug-likeness (QED) is 0.780. The van der Waals surface area contributed by atoms with Gasteiger partial charge in [0.2, 0.25) is 0 Å². The highest BCUT2D eigenvalue weighted by atomic mass is 16.3.